The number of benzene rings is 1. The molecule has 18 heavy (non-hydrogen) atoms. The Labute approximate surface area is 107 Å². The van der Waals surface area contributed by atoms with E-state index in [2.05, 4.69) is 0 Å². The van der Waals surface area contributed by atoms with E-state index in [9.17, 15) is 4.79 Å². The summed E-state index contributed by atoms with van der Waals surface area (Å²) in [6, 6.07) is 7.51. The lowest BCUT2D eigenvalue weighted by molar-refractivity contribution is -0.133. The van der Waals surface area contributed by atoms with Gasteiger partial charge in [0.1, 0.15) is 0 Å². The Hall–Kier alpha value is -1.75. The summed E-state index contributed by atoms with van der Waals surface area (Å²) in [6.07, 6.45) is 0. The molecule has 1 saturated heterocycles. The Kier molecular flexibility index (Phi) is 4.04. The summed E-state index contributed by atoms with van der Waals surface area (Å²) in [5, 5.41) is 0. The molecule has 0 saturated carbocycles. The second-order valence-electron chi connectivity index (χ2n) is 4.44. The fourth-order valence-electron chi connectivity index (χ4n) is 1.94. The molecule has 1 fully saturated rings. The normalized spacial score (nSPS) is 15.5. The highest BCUT2D eigenvalue weighted by molar-refractivity contribution is 5.81. The molecule has 0 unspecified atom stereocenters. The third kappa shape index (κ3) is 3.13. The van der Waals surface area contributed by atoms with Crippen molar-refractivity contribution in [3.05, 3.63) is 24.3 Å². The third-order valence-electron chi connectivity index (χ3n) is 3.07. The van der Waals surface area contributed by atoms with E-state index in [1.807, 2.05) is 41.1 Å². The van der Waals surface area contributed by atoms with E-state index in [4.69, 9.17) is 10.5 Å². The summed E-state index contributed by atoms with van der Waals surface area (Å²) < 4.78 is 5.23. The van der Waals surface area contributed by atoms with Crippen LogP contribution in [0.2, 0.25) is 0 Å². The molecule has 5 nitrogen and oxygen atoms in total. The number of morpholine rings is 1. The Morgan fingerprint density at radius 3 is 2.56 bits per heavy atom. The summed E-state index contributed by atoms with van der Waals surface area (Å²) >= 11 is 0. The maximum Gasteiger partial charge on any atom is 0.242 e. The molecule has 1 aliphatic heterocycles. The van der Waals surface area contributed by atoms with E-state index in [-0.39, 0.29) is 5.91 Å². The Balaban J connectivity index is 1.91. The first-order valence-electron chi connectivity index (χ1n) is 6.09. The van der Waals surface area contributed by atoms with Crippen molar-refractivity contribution < 1.29 is 9.53 Å². The van der Waals surface area contributed by atoms with Gasteiger partial charge in [-0.2, -0.15) is 0 Å². The second-order valence-corrected chi connectivity index (χ2v) is 4.44. The lowest BCUT2D eigenvalue weighted by atomic mass is 10.2. The van der Waals surface area contributed by atoms with Gasteiger partial charge in [-0.1, -0.05) is 0 Å². The molecular formula is C13H19N3O2. The number of hydrogen-bond donors (Lipinski definition) is 1. The number of amides is 1. The lowest BCUT2D eigenvalue weighted by Crippen LogP contribution is -2.45. The van der Waals surface area contributed by atoms with E-state index < -0.39 is 0 Å². The molecule has 0 bridgehead atoms. The minimum absolute atomic E-state index is 0.137. The van der Waals surface area contributed by atoms with Gasteiger partial charge in [-0.3, -0.25) is 4.79 Å². The van der Waals surface area contributed by atoms with Crippen LogP contribution < -0.4 is 10.6 Å². The minimum atomic E-state index is 0.137. The van der Waals surface area contributed by atoms with Gasteiger partial charge in [0, 0.05) is 31.5 Å². The van der Waals surface area contributed by atoms with Gasteiger partial charge in [-0.05, 0) is 24.3 Å². The molecule has 2 N–H and O–H groups in total. The number of likely N-dealkylation sites (N-methyl/N-ethyl adjacent to an activating group) is 1. The maximum absolute atomic E-state index is 12.1. The van der Waals surface area contributed by atoms with Gasteiger partial charge in [0.15, 0.2) is 0 Å². The standard InChI is InChI=1S/C13H19N3O2/c1-15(12-4-2-11(14)3-5-12)10-13(17)16-6-8-18-9-7-16/h2-5H,6-10,14H2,1H3. The summed E-state index contributed by atoms with van der Waals surface area (Å²) in [5.74, 6) is 0.137. The van der Waals surface area contributed by atoms with Crippen LogP contribution in [0.15, 0.2) is 24.3 Å². The molecule has 2 rings (SSSR count). The molecule has 1 heterocycles. The average molecular weight is 249 g/mol. The number of nitrogen functional groups attached to an aromatic ring is 1. The van der Waals surface area contributed by atoms with Crippen molar-refractivity contribution in [2.45, 2.75) is 0 Å². The number of rotatable bonds is 3. The van der Waals surface area contributed by atoms with Gasteiger partial charge in [0.2, 0.25) is 5.91 Å². The zero-order valence-electron chi connectivity index (χ0n) is 10.6. The van der Waals surface area contributed by atoms with E-state index in [0.29, 0.717) is 32.8 Å². The maximum atomic E-state index is 12.1. The van der Waals surface area contributed by atoms with Crippen molar-refractivity contribution >= 4 is 17.3 Å². The van der Waals surface area contributed by atoms with E-state index in [1.165, 1.54) is 0 Å². The first-order valence-corrected chi connectivity index (χ1v) is 6.09. The van der Waals surface area contributed by atoms with Crippen molar-refractivity contribution in [2.24, 2.45) is 0 Å². The highest BCUT2D eigenvalue weighted by atomic mass is 16.5. The van der Waals surface area contributed by atoms with Gasteiger partial charge < -0.3 is 20.3 Å². The largest absolute Gasteiger partial charge is 0.399 e. The predicted octanol–water partition coefficient (Wildman–Crippen LogP) is 0.564. The first kappa shape index (κ1) is 12.7. The summed E-state index contributed by atoms with van der Waals surface area (Å²) in [5.41, 5.74) is 7.36. The molecule has 0 spiro atoms. The van der Waals surface area contributed by atoms with E-state index >= 15 is 0 Å². The van der Waals surface area contributed by atoms with Gasteiger partial charge in [0.25, 0.3) is 0 Å². The van der Waals surface area contributed by atoms with Crippen molar-refractivity contribution in [1.82, 2.24) is 4.90 Å². The number of nitrogens with two attached hydrogens (primary N) is 1. The molecule has 0 aromatic heterocycles. The fraction of sp³-hybridized carbons (Fsp3) is 0.462. The number of hydrogen-bond acceptors (Lipinski definition) is 4. The molecule has 1 aromatic rings. The smallest absolute Gasteiger partial charge is 0.242 e. The number of nitrogens with zero attached hydrogens (tertiary/aromatic N) is 2. The van der Waals surface area contributed by atoms with Crippen LogP contribution in [-0.2, 0) is 9.53 Å². The van der Waals surface area contributed by atoms with E-state index in [0.717, 1.165) is 11.4 Å². The van der Waals surface area contributed by atoms with Crippen LogP contribution in [0.4, 0.5) is 11.4 Å². The van der Waals surface area contributed by atoms with Gasteiger partial charge in [0.05, 0.1) is 19.8 Å². The zero-order chi connectivity index (χ0) is 13.0. The van der Waals surface area contributed by atoms with Crippen LogP contribution in [0, 0.1) is 0 Å². The third-order valence-corrected chi connectivity index (χ3v) is 3.07. The fourth-order valence-corrected chi connectivity index (χ4v) is 1.94. The first-order chi connectivity index (χ1) is 8.66. The van der Waals surface area contributed by atoms with E-state index in [1.54, 1.807) is 0 Å². The molecule has 98 valence electrons. The topological polar surface area (TPSA) is 58.8 Å². The van der Waals surface area contributed by atoms with Gasteiger partial charge >= 0.3 is 0 Å². The van der Waals surface area contributed by atoms with Crippen LogP contribution in [0.5, 0.6) is 0 Å². The quantitative estimate of drug-likeness (QED) is 0.795. The molecule has 1 aliphatic rings. The molecule has 0 aliphatic carbocycles. The zero-order valence-corrected chi connectivity index (χ0v) is 10.6. The van der Waals surface area contributed by atoms with Crippen molar-refractivity contribution in [2.75, 3.05) is 50.5 Å². The monoisotopic (exact) mass is 249 g/mol. The highest BCUT2D eigenvalue weighted by Gasteiger charge is 2.18. The van der Waals surface area contributed by atoms with Crippen LogP contribution in [0.25, 0.3) is 0 Å². The highest BCUT2D eigenvalue weighted by Crippen LogP contribution is 2.14. The summed E-state index contributed by atoms with van der Waals surface area (Å²) in [4.78, 5) is 15.8. The molecule has 1 amide bonds. The van der Waals surface area contributed by atoms with Crippen LogP contribution in [-0.4, -0.2) is 50.7 Å². The van der Waals surface area contributed by atoms with Crippen LogP contribution >= 0.6 is 0 Å². The number of anilines is 2. The molecule has 0 radical (unpaired) electrons. The Morgan fingerprint density at radius 1 is 1.33 bits per heavy atom. The van der Waals surface area contributed by atoms with Crippen LogP contribution in [0.1, 0.15) is 0 Å². The Morgan fingerprint density at radius 2 is 1.94 bits per heavy atom. The molecular weight excluding hydrogens is 230 g/mol. The van der Waals surface area contributed by atoms with Gasteiger partial charge in [-0.25, -0.2) is 0 Å². The molecule has 0 atom stereocenters. The molecule has 5 heteroatoms. The van der Waals surface area contributed by atoms with Crippen molar-refractivity contribution in [3.63, 3.8) is 0 Å². The molecule has 1 aromatic carbocycles. The predicted molar refractivity (Wildman–Crippen MR) is 71.5 cm³/mol. The number of ether oxygens (including phenoxy) is 1. The van der Waals surface area contributed by atoms with Crippen LogP contribution in [0.3, 0.4) is 0 Å². The number of carbonyl (C=O) groups is 1. The summed E-state index contributed by atoms with van der Waals surface area (Å²) in [6.45, 7) is 3.03. The lowest BCUT2D eigenvalue weighted by Gasteiger charge is -2.29. The Bertz CT molecular complexity index is 399. The van der Waals surface area contributed by atoms with Crippen molar-refractivity contribution in [3.8, 4) is 0 Å². The second kappa shape index (κ2) is 5.73. The SMILES string of the molecule is CN(CC(=O)N1CCOCC1)c1ccc(N)cc1. The van der Waals surface area contributed by atoms with Crippen molar-refractivity contribution in [1.29, 1.82) is 0 Å². The summed E-state index contributed by atoms with van der Waals surface area (Å²) in [7, 11) is 1.91. The van der Waals surface area contributed by atoms with Gasteiger partial charge in [-0.15, -0.1) is 0 Å². The minimum Gasteiger partial charge on any atom is -0.399 e. The average Bonchev–Trinajstić information content (AvgIpc) is 2.40. The number of carbonyl (C=O) groups excluding carboxylic acids is 1.